The van der Waals surface area contributed by atoms with Gasteiger partial charge in [0.1, 0.15) is 0 Å². The van der Waals surface area contributed by atoms with Gasteiger partial charge >= 0.3 is 0 Å². The van der Waals surface area contributed by atoms with Crippen LogP contribution in [0.2, 0.25) is 0 Å². The van der Waals surface area contributed by atoms with Gasteiger partial charge in [-0.05, 0) is 63.7 Å². The molecule has 0 atom stereocenters. The summed E-state index contributed by atoms with van der Waals surface area (Å²) >= 11 is 0. The molecule has 3 rings (SSSR count). The molecule has 2 fully saturated rings. The highest BCUT2D eigenvalue weighted by molar-refractivity contribution is 5.79. The van der Waals surface area contributed by atoms with Crippen LogP contribution in [0.5, 0.6) is 0 Å². The Balaban J connectivity index is 1.65. The minimum absolute atomic E-state index is 0.0822. The summed E-state index contributed by atoms with van der Waals surface area (Å²) < 4.78 is 5.69. The molecule has 1 aromatic carbocycles. The van der Waals surface area contributed by atoms with Crippen molar-refractivity contribution in [3.05, 3.63) is 35.4 Å². The van der Waals surface area contributed by atoms with E-state index in [0.29, 0.717) is 0 Å². The van der Waals surface area contributed by atoms with E-state index in [1.54, 1.807) is 0 Å². The van der Waals surface area contributed by atoms with Crippen LogP contribution in [0.4, 0.5) is 0 Å². The predicted octanol–water partition coefficient (Wildman–Crippen LogP) is 3.08. The number of ether oxygens (including phenoxy) is 1. The summed E-state index contributed by atoms with van der Waals surface area (Å²) in [4.78, 5) is 7.59. The van der Waals surface area contributed by atoms with Crippen LogP contribution in [0.1, 0.15) is 50.2 Å². The van der Waals surface area contributed by atoms with Gasteiger partial charge in [0.05, 0.1) is 6.54 Å². The van der Waals surface area contributed by atoms with Crippen LogP contribution in [-0.2, 0) is 10.2 Å². The molecule has 2 aliphatic rings. The average molecular weight is 387 g/mol. The maximum Gasteiger partial charge on any atom is 0.191 e. The highest BCUT2D eigenvalue weighted by Gasteiger charge is 2.35. The highest BCUT2D eigenvalue weighted by atomic mass is 16.5. The van der Waals surface area contributed by atoms with Gasteiger partial charge in [-0.1, -0.05) is 30.7 Å². The van der Waals surface area contributed by atoms with Gasteiger partial charge in [0, 0.05) is 38.3 Å². The van der Waals surface area contributed by atoms with E-state index < -0.39 is 0 Å². The summed E-state index contributed by atoms with van der Waals surface area (Å²) in [5, 5.41) is 6.99. The molecule has 0 aliphatic carbocycles. The van der Waals surface area contributed by atoms with E-state index in [-0.39, 0.29) is 5.41 Å². The molecule has 1 aromatic rings. The van der Waals surface area contributed by atoms with E-state index in [2.05, 4.69) is 53.6 Å². The van der Waals surface area contributed by atoms with Crippen molar-refractivity contribution < 1.29 is 4.74 Å². The van der Waals surface area contributed by atoms with Crippen molar-refractivity contribution in [2.75, 3.05) is 52.5 Å². The van der Waals surface area contributed by atoms with Crippen molar-refractivity contribution in [1.82, 2.24) is 15.5 Å². The molecule has 0 bridgehead atoms. The fourth-order valence-electron chi connectivity index (χ4n) is 4.53. The number of nitrogens with one attached hydrogen (secondary N) is 2. The van der Waals surface area contributed by atoms with Gasteiger partial charge in [0.2, 0.25) is 0 Å². The number of likely N-dealkylation sites (tertiary alicyclic amines) is 1. The SMILES string of the molecule is CCNC(=NCC1(c2ccccc2C)CCOCC1)NCCN1CCCCC1. The molecule has 0 spiro atoms. The fraction of sp³-hybridized carbons (Fsp3) is 0.696. The number of hydrogen-bond acceptors (Lipinski definition) is 3. The summed E-state index contributed by atoms with van der Waals surface area (Å²) in [6.07, 6.45) is 6.14. The minimum atomic E-state index is 0.0822. The second-order valence-corrected chi connectivity index (χ2v) is 8.23. The van der Waals surface area contributed by atoms with Crippen LogP contribution >= 0.6 is 0 Å². The molecule has 0 amide bonds. The number of piperidine rings is 1. The summed E-state index contributed by atoms with van der Waals surface area (Å²) in [6, 6.07) is 8.79. The van der Waals surface area contributed by atoms with Gasteiger partial charge in [-0.3, -0.25) is 4.99 Å². The molecule has 0 saturated carbocycles. The second kappa shape index (κ2) is 10.8. The maximum absolute atomic E-state index is 5.69. The second-order valence-electron chi connectivity index (χ2n) is 8.23. The third-order valence-corrected chi connectivity index (χ3v) is 6.22. The van der Waals surface area contributed by atoms with Gasteiger partial charge in [-0.25, -0.2) is 0 Å². The van der Waals surface area contributed by atoms with E-state index in [9.17, 15) is 0 Å². The van der Waals surface area contributed by atoms with Crippen LogP contribution < -0.4 is 10.6 Å². The van der Waals surface area contributed by atoms with Crippen molar-refractivity contribution in [1.29, 1.82) is 0 Å². The zero-order chi connectivity index (χ0) is 19.7. The molecule has 2 N–H and O–H groups in total. The molecule has 0 unspecified atom stereocenters. The Kier molecular flexibility index (Phi) is 8.16. The van der Waals surface area contributed by atoms with Crippen LogP contribution in [0.15, 0.2) is 29.3 Å². The number of nitrogens with zero attached hydrogens (tertiary/aromatic N) is 2. The standard InChI is InChI=1S/C23H38N4O/c1-3-24-22(25-13-16-27-14-7-4-8-15-27)26-19-23(11-17-28-18-12-23)21-10-6-5-9-20(21)2/h5-6,9-10H,3-4,7-8,11-19H2,1-2H3,(H2,24,25,26). The summed E-state index contributed by atoms with van der Waals surface area (Å²) in [6.45, 7) is 12.2. The fourth-order valence-corrected chi connectivity index (χ4v) is 4.53. The number of aliphatic imine (C=N–C) groups is 1. The number of benzene rings is 1. The lowest BCUT2D eigenvalue weighted by atomic mass is 9.72. The summed E-state index contributed by atoms with van der Waals surface area (Å²) in [5.74, 6) is 0.943. The topological polar surface area (TPSA) is 48.9 Å². The molecule has 28 heavy (non-hydrogen) atoms. The lowest BCUT2D eigenvalue weighted by molar-refractivity contribution is 0.0529. The van der Waals surface area contributed by atoms with Crippen molar-refractivity contribution in [3.63, 3.8) is 0 Å². The minimum Gasteiger partial charge on any atom is -0.381 e. The average Bonchev–Trinajstić information content (AvgIpc) is 2.74. The number of hydrogen-bond donors (Lipinski definition) is 2. The van der Waals surface area contributed by atoms with Gasteiger partial charge in [-0.2, -0.15) is 0 Å². The summed E-state index contributed by atoms with van der Waals surface area (Å²) in [5.41, 5.74) is 2.88. The Bertz CT molecular complexity index is 619. The zero-order valence-corrected chi connectivity index (χ0v) is 17.8. The largest absolute Gasteiger partial charge is 0.381 e. The third-order valence-electron chi connectivity index (χ3n) is 6.22. The first kappa shape index (κ1) is 21.1. The molecule has 0 radical (unpaired) electrons. The molecule has 5 nitrogen and oxygen atoms in total. The third kappa shape index (κ3) is 5.71. The number of rotatable bonds is 7. The predicted molar refractivity (Wildman–Crippen MR) is 117 cm³/mol. The Morgan fingerprint density at radius 3 is 2.57 bits per heavy atom. The first-order valence-electron chi connectivity index (χ1n) is 11.1. The van der Waals surface area contributed by atoms with Crippen molar-refractivity contribution in [3.8, 4) is 0 Å². The Labute approximate surface area is 170 Å². The van der Waals surface area contributed by atoms with E-state index in [4.69, 9.17) is 9.73 Å². The summed E-state index contributed by atoms with van der Waals surface area (Å²) in [7, 11) is 0. The lowest BCUT2D eigenvalue weighted by Gasteiger charge is -2.37. The highest BCUT2D eigenvalue weighted by Crippen LogP contribution is 2.37. The van der Waals surface area contributed by atoms with Gasteiger partial charge < -0.3 is 20.3 Å². The molecule has 2 saturated heterocycles. The van der Waals surface area contributed by atoms with Crippen LogP contribution in [0.3, 0.4) is 0 Å². The van der Waals surface area contributed by atoms with E-state index >= 15 is 0 Å². The van der Waals surface area contributed by atoms with E-state index in [0.717, 1.165) is 58.2 Å². The number of aryl methyl sites for hydroxylation is 1. The molecule has 5 heteroatoms. The van der Waals surface area contributed by atoms with Gasteiger partial charge in [-0.15, -0.1) is 0 Å². The van der Waals surface area contributed by atoms with E-state index in [1.807, 2.05) is 0 Å². The monoisotopic (exact) mass is 386 g/mol. The number of guanidine groups is 1. The molecular formula is C23H38N4O. The van der Waals surface area contributed by atoms with Crippen LogP contribution in [0, 0.1) is 6.92 Å². The lowest BCUT2D eigenvalue weighted by Crippen LogP contribution is -2.44. The first-order chi connectivity index (χ1) is 13.7. The normalized spacial score (nSPS) is 20.7. The Morgan fingerprint density at radius 1 is 1.11 bits per heavy atom. The zero-order valence-electron chi connectivity index (χ0n) is 17.8. The maximum atomic E-state index is 5.69. The van der Waals surface area contributed by atoms with E-state index in [1.165, 1.54) is 43.5 Å². The smallest absolute Gasteiger partial charge is 0.191 e. The molecule has 2 aliphatic heterocycles. The van der Waals surface area contributed by atoms with Gasteiger partial charge in [0.25, 0.3) is 0 Å². The van der Waals surface area contributed by atoms with Crippen molar-refractivity contribution in [2.45, 2.75) is 51.4 Å². The molecule has 156 valence electrons. The Morgan fingerprint density at radius 2 is 1.86 bits per heavy atom. The van der Waals surface area contributed by atoms with Crippen LogP contribution in [-0.4, -0.2) is 63.3 Å². The van der Waals surface area contributed by atoms with Gasteiger partial charge in [0.15, 0.2) is 5.96 Å². The molecule has 2 heterocycles. The first-order valence-corrected chi connectivity index (χ1v) is 11.1. The Hall–Kier alpha value is -1.59. The molecule has 0 aromatic heterocycles. The van der Waals surface area contributed by atoms with Crippen molar-refractivity contribution in [2.24, 2.45) is 4.99 Å². The molecular weight excluding hydrogens is 348 g/mol. The van der Waals surface area contributed by atoms with Crippen molar-refractivity contribution >= 4 is 5.96 Å². The quantitative estimate of drug-likeness (QED) is 0.558. The van der Waals surface area contributed by atoms with Crippen LogP contribution in [0.25, 0.3) is 0 Å².